The van der Waals surface area contributed by atoms with Gasteiger partial charge in [-0.15, -0.1) is 0 Å². The molecule has 0 unspecified atom stereocenters. The lowest BCUT2D eigenvalue weighted by atomic mass is 10.4. The maximum absolute atomic E-state index is 11.2. The zero-order chi connectivity index (χ0) is 11.0. The van der Waals surface area contributed by atoms with Gasteiger partial charge in [-0.25, -0.2) is 4.79 Å². The molecule has 0 aromatic carbocycles. The molecule has 0 aromatic rings. The minimum atomic E-state index is -1.19. The van der Waals surface area contributed by atoms with Crippen LogP contribution in [0.25, 0.3) is 0 Å². The van der Waals surface area contributed by atoms with E-state index in [1.54, 1.807) is 0 Å². The normalized spacial score (nSPS) is 10.4. The van der Waals surface area contributed by atoms with Gasteiger partial charge < -0.3 is 20.8 Å². The van der Waals surface area contributed by atoms with Crippen LogP contribution in [-0.4, -0.2) is 53.2 Å². The number of rotatable bonds is 6. The molecular formula is C8H14N2O4. The molecule has 14 heavy (non-hydrogen) atoms. The van der Waals surface area contributed by atoms with Crippen LogP contribution in [0, 0.1) is 0 Å². The number of nitrogens with two attached hydrogens (primary N) is 1. The van der Waals surface area contributed by atoms with Gasteiger partial charge in [-0.1, -0.05) is 0 Å². The van der Waals surface area contributed by atoms with E-state index in [9.17, 15) is 9.59 Å². The van der Waals surface area contributed by atoms with Crippen molar-refractivity contribution in [3.63, 3.8) is 0 Å². The molecule has 0 spiro atoms. The molecule has 0 fully saturated rings. The third-order valence-corrected chi connectivity index (χ3v) is 1.45. The van der Waals surface area contributed by atoms with Crippen LogP contribution in [0.15, 0.2) is 12.2 Å². The van der Waals surface area contributed by atoms with E-state index in [1.807, 2.05) is 0 Å². The summed E-state index contributed by atoms with van der Waals surface area (Å²) in [6, 6.07) is 0. The number of carbonyl (C=O) groups is 2. The van der Waals surface area contributed by atoms with E-state index in [0.717, 1.165) is 12.2 Å². The van der Waals surface area contributed by atoms with Crippen molar-refractivity contribution in [1.82, 2.24) is 4.90 Å². The maximum Gasteiger partial charge on any atom is 0.328 e. The lowest BCUT2D eigenvalue weighted by Crippen LogP contribution is -2.36. The smallest absolute Gasteiger partial charge is 0.328 e. The molecule has 80 valence electrons. The van der Waals surface area contributed by atoms with Crippen LogP contribution in [0.2, 0.25) is 0 Å². The summed E-state index contributed by atoms with van der Waals surface area (Å²) >= 11 is 0. The Hall–Kier alpha value is -1.40. The highest BCUT2D eigenvalue weighted by Gasteiger charge is 2.08. The van der Waals surface area contributed by atoms with E-state index in [4.69, 9.17) is 15.9 Å². The van der Waals surface area contributed by atoms with Crippen LogP contribution in [0.1, 0.15) is 0 Å². The third kappa shape index (κ3) is 5.28. The van der Waals surface area contributed by atoms with Gasteiger partial charge in [0, 0.05) is 31.8 Å². The largest absolute Gasteiger partial charge is 0.478 e. The number of hydrogen-bond acceptors (Lipinski definition) is 4. The topological polar surface area (TPSA) is 104 Å². The fourth-order valence-corrected chi connectivity index (χ4v) is 0.857. The first-order valence-corrected chi connectivity index (χ1v) is 4.12. The molecule has 6 nitrogen and oxygen atoms in total. The van der Waals surface area contributed by atoms with Crippen molar-refractivity contribution in [1.29, 1.82) is 0 Å². The van der Waals surface area contributed by atoms with Crippen molar-refractivity contribution >= 4 is 11.9 Å². The summed E-state index contributed by atoms with van der Waals surface area (Å²) < 4.78 is 0. The fraction of sp³-hybridized carbons (Fsp3) is 0.500. The van der Waals surface area contributed by atoms with Crippen molar-refractivity contribution in [2.45, 2.75) is 0 Å². The van der Waals surface area contributed by atoms with Crippen LogP contribution >= 0.6 is 0 Å². The summed E-state index contributed by atoms with van der Waals surface area (Å²) in [4.78, 5) is 22.6. The average molecular weight is 202 g/mol. The van der Waals surface area contributed by atoms with Gasteiger partial charge in [0.2, 0.25) is 5.91 Å². The van der Waals surface area contributed by atoms with Crippen molar-refractivity contribution in [3.8, 4) is 0 Å². The number of aliphatic hydroxyl groups is 1. The van der Waals surface area contributed by atoms with Crippen molar-refractivity contribution in [3.05, 3.63) is 12.2 Å². The minimum absolute atomic E-state index is 0.153. The second-order valence-corrected chi connectivity index (χ2v) is 2.51. The molecule has 0 rings (SSSR count). The van der Waals surface area contributed by atoms with Crippen LogP contribution in [0.4, 0.5) is 0 Å². The fourth-order valence-electron chi connectivity index (χ4n) is 0.857. The minimum Gasteiger partial charge on any atom is -0.478 e. The number of carboxylic acids is 1. The Morgan fingerprint density at radius 1 is 1.29 bits per heavy atom. The van der Waals surface area contributed by atoms with Gasteiger partial charge in [-0.2, -0.15) is 0 Å². The lowest BCUT2D eigenvalue weighted by molar-refractivity contribution is -0.132. The monoisotopic (exact) mass is 202 g/mol. The molecule has 1 amide bonds. The van der Waals surface area contributed by atoms with Crippen LogP contribution in [0.5, 0.6) is 0 Å². The van der Waals surface area contributed by atoms with E-state index in [2.05, 4.69) is 0 Å². The first-order valence-electron chi connectivity index (χ1n) is 4.12. The molecule has 0 atom stereocenters. The average Bonchev–Trinajstić information content (AvgIpc) is 2.14. The van der Waals surface area contributed by atoms with Gasteiger partial charge in [-0.3, -0.25) is 4.79 Å². The van der Waals surface area contributed by atoms with Crippen molar-refractivity contribution < 1.29 is 19.8 Å². The summed E-state index contributed by atoms with van der Waals surface area (Å²) in [5.74, 6) is -1.65. The molecule has 4 N–H and O–H groups in total. The predicted octanol–water partition coefficient (Wildman–Crippen LogP) is -1.59. The standard InChI is InChI=1S/C8H14N2O4/c9-3-4-10(5-6-11)7(12)1-2-8(13)14/h1-2,11H,3-6,9H2,(H,13,14)/b2-1-. The summed E-state index contributed by atoms with van der Waals surface area (Å²) in [5.41, 5.74) is 5.24. The zero-order valence-electron chi connectivity index (χ0n) is 7.72. The zero-order valence-corrected chi connectivity index (χ0v) is 7.72. The molecule has 0 saturated carbocycles. The maximum atomic E-state index is 11.2. The lowest BCUT2D eigenvalue weighted by Gasteiger charge is -2.18. The molecule has 0 heterocycles. The van der Waals surface area contributed by atoms with E-state index in [0.29, 0.717) is 6.54 Å². The summed E-state index contributed by atoms with van der Waals surface area (Å²) in [7, 11) is 0. The Morgan fingerprint density at radius 2 is 1.93 bits per heavy atom. The molecule has 6 heteroatoms. The number of amides is 1. The number of carbonyl (C=O) groups excluding carboxylic acids is 1. The second-order valence-electron chi connectivity index (χ2n) is 2.51. The first kappa shape index (κ1) is 12.6. The Labute approximate surface area is 81.6 Å². The van der Waals surface area contributed by atoms with E-state index < -0.39 is 11.9 Å². The Balaban J connectivity index is 4.20. The highest BCUT2D eigenvalue weighted by Crippen LogP contribution is 1.90. The van der Waals surface area contributed by atoms with Gasteiger partial charge in [0.05, 0.1) is 6.61 Å². The Bertz CT molecular complexity index is 221. The van der Waals surface area contributed by atoms with E-state index in [1.165, 1.54) is 4.90 Å². The molecule has 0 aliphatic rings. The molecule has 0 bridgehead atoms. The first-order chi connectivity index (χ1) is 6.61. The van der Waals surface area contributed by atoms with Gasteiger partial charge in [0.25, 0.3) is 0 Å². The second kappa shape index (κ2) is 7.05. The van der Waals surface area contributed by atoms with Gasteiger partial charge in [0.15, 0.2) is 0 Å². The molecule has 0 aliphatic carbocycles. The molecule has 0 aromatic heterocycles. The molecule has 0 aliphatic heterocycles. The Kier molecular flexibility index (Phi) is 6.34. The van der Waals surface area contributed by atoms with Gasteiger partial charge in [-0.05, 0) is 0 Å². The summed E-state index contributed by atoms with van der Waals surface area (Å²) in [6.07, 6.45) is 1.69. The molecular weight excluding hydrogens is 188 g/mol. The SMILES string of the molecule is NCCN(CCO)C(=O)/C=C\C(=O)O. The number of carboxylic acid groups (broad SMARTS) is 1. The van der Waals surface area contributed by atoms with E-state index >= 15 is 0 Å². The number of nitrogens with zero attached hydrogens (tertiary/aromatic N) is 1. The van der Waals surface area contributed by atoms with Crippen LogP contribution in [0.3, 0.4) is 0 Å². The van der Waals surface area contributed by atoms with Crippen molar-refractivity contribution in [2.24, 2.45) is 5.73 Å². The Morgan fingerprint density at radius 3 is 2.36 bits per heavy atom. The number of aliphatic hydroxyl groups excluding tert-OH is 1. The number of aliphatic carboxylic acids is 1. The van der Waals surface area contributed by atoms with Gasteiger partial charge in [0.1, 0.15) is 0 Å². The molecule has 0 radical (unpaired) electrons. The number of hydrogen-bond donors (Lipinski definition) is 3. The van der Waals surface area contributed by atoms with Crippen molar-refractivity contribution in [2.75, 3.05) is 26.2 Å². The summed E-state index contributed by atoms with van der Waals surface area (Å²) in [6.45, 7) is 0.544. The molecule has 0 saturated heterocycles. The van der Waals surface area contributed by atoms with Crippen LogP contribution < -0.4 is 5.73 Å². The third-order valence-electron chi connectivity index (χ3n) is 1.45. The predicted molar refractivity (Wildman–Crippen MR) is 49.5 cm³/mol. The highest BCUT2D eigenvalue weighted by atomic mass is 16.4. The summed E-state index contributed by atoms with van der Waals surface area (Å²) in [5, 5.41) is 16.9. The quantitative estimate of drug-likeness (QED) is 0.450. The van der Waals surface area contributed by atoms with Crippen LogP contribution in [-0.2, 0) is 9.59 Å². The van der Waals surface area contributed by atoms with E-state index in [-0.39, 0.29) is 19.7 Å². The highest BCUT2D eigenvalue weighted by molar-refractivity contribution is 5.93. The van der Waals surface area contributed by atoms with Gasteiger partial charge >= 0.3 is 5.97 Å².